The lowest BCUT2D eigenvalue weighted by Crippen LogP contribution is -2.44. The van der Waals surface area contributed by atoms with E-state index in [4.69, 9.17) is 11.5 Å². The Morgan fingerprint density at radius 1 is 1.07 bits per heavy atom. The van der Waals surface area contributed by atoms with E-state index in [2.05, 4.69) is 27.4 Å². The second kappa shape index (κ2) is 13.4. The molecule has 1 heterocycles. The van der Waals surface area contributed by atoms with Crippen molar-refractivity contribution < 1.29 is 18.0 Å². The van der Waals surface area contributed by atoms with E-state index in [1.54, 1.807) is 30.4 Å². The highest BCUT2D eigenvalue weighted by Crippen LogP contribution is 2.34. The average Bonchev–Trinajstić information content (AvgIpc) is 2.88. The number of likely N-dealkylation sites (N-methyl/N-ethyl adjacent to an activating group) is 1. The summed E-state index contributed by atoms with van der Waals surface area (Å²) in [5.41, 5.74) is 13.2. The number of nitrogens with two attached hydrogens (primary N) is 2. The average molecular weight is 555 g/mol. The van der Waals surface area contributed by atoms with Gasteiger partial charge in [-0.1, -0.05) is 18.1 Å². The Balaban J connectivity index is 1.76. The van der Waals surface area contributed by atoms with Gasteiger partial charge in [0.1, 0.15) is 0 Å². The van der Waals surface area contributed by atoms with Crippen LogP contribution in [0.5, 0.6) is 0 Å². The van der Waals surface area contributed by atoms with Crippen molar-refractivity contribution in [2.75, 3.05) is 38.5 Å². The molecule has 0 spiro atoms. The Kier molecular flexibility index (Phi) is 10.3. The molecule has 2 aromatic carbocycles. The summed E-state index contributed by atoms with van der Waals surface area (Å²) >= 11 is 0. The number of nitrogens with zero attached hydrogens (tertiary/aromatic N) is 2. The first kappa shape index (κ1) is 30.6. The molecule has 1 fully saturated rings. The van der Waals surface area contributed by atoms with Crippen molar-refractivity contribution in [3.8, 4) is 11.8 Å². The molecule has 1 aliphatic rings. The van der Waals surface area contributed by atoms with Gasteiger partial charge in [-0.05, 0) is 81.3 Å². The number of carbonyl (C=O) groups excluding carboxylic acids is 1. The van der Waals surface area contributed by atoms with Crippen molar-refractivity contribution in [2.24, 2.45) is 11.5 Å². The highest BCUT2D eigenvalue weighted by atomic mass is 19.4. The van der Waals surface area contributed by atoms with Crippen LogP contribution < -0.4 is 22.1 Å². The lowest BCUT2D eigenvalue weighted by molar-refractivity contribution is -0.138. The fourth-order valence-electron chi connectivity index (χ4n) is 4.15. The van der Waals surface area contributed by atoms with Gasteiger partial charge in [-0.15, -0.1) is 0 Å². The van der Waals surface area contributed by atoms with Gasteiger partial charge in [0.15, 0.2) is 0 Å². The van der Waals surface area contributed by atoms with E-state index >= 15 is 0 Å². The summed E-state index contributed by atoms with van der Waals surface area (Å²) in [5, 5.41) is 5.63. The van der Waals surface area contributed by atoms with Crippen molar-refractivity contribution >= 4 is 11.6 Å². The Morgan fingerprint density at radius 2 is 1.77 bits per heavy atom. The van der Waals surface area contributed by atoms with E-state index in [0.717, 1.165) is 24.7 Å². The monoisotopic (exact) mass is 554 g/mol. The molecule has 6 N–H and O–H groups in total. The van der Waals surface area contributed by atoms with Crippen LogP contribution in [0.2, 0.25) is 0 Å². The molecule has 0 aromatic heterocycles. The molecule has 0 bridgehead atoms. The lowest BCUT2D eigenvalue weighted by atomic mass is 10.0. The zero-order valence-electron chi connectivity index (χ0n) is 23.3. The van der Waals surface area contributed by atoms with Crippen molar-refractivity contribution in [3.63, 3.8) is 0 Å². The number of piperazine rings is 1. The third-order valence-corrected chi connectivity index (χ3v) is 6.40. The van der Waals surface area contributed by atoms with E-state index in [0.29, 0.717) is 24.5 Å². The summed E-state index contributed by atoms with van der Waals surface area (Å²) in [7, 11) is 1.99. The van der Waals surface area contributed by atoms with E-state index in [-0.39, 0.29) is 35.1 Å². The van der Waals surface area contributed by atoms with Gasteiger partial charge < -0.3 is 27.0 Å². The Morgan fingerprint density at radius 3 is 2.42 bits per heavy atom. The van der Waals surface area contributed by atoms with Gasteiger partial charge >= 0.3 is 6.18 Å². The van der Waals surface area contributed by atoms with Crippen LogP contribution in [0, 0.1) is 18.8 Å². The molecule has 0 atom stereocenters. The fraction of sp³-hybridized carbons (Fsp3) is 0.367. The Hall–Kier alpha value is -3.94. The minimum Gasteiger partial charge on any atom is -0.392 e. The molecule has 7 nitrogen and oxygen atoms in total. The van der Waals surface area contributed by atoms with Crippen LogP contribution in [-0.2, 0) is 12.7 Å². The molecule has 1 amide bonds. The molecular weight excluding hydrogens is 517 g/mol. The third-order valence-electron chi connectivity index (χ3n) is 6.40. The summed E-state index contributed by atoms with van der Waals surface area (Å²) in [5.74, 6) is 5.69. The second-order valence-corrected chi connectivity index (χ2v) is 10.2. The SMILES string of the molecule is Cc1ccc(C(=O)Nc2ccc(CN3CCN(C)CC3)c(C(F)(F)F)c2)cc1C#C/C(N)=C/C=C(\N)NC(C)C. The number of alkyl halides is 3. The number of carbonyl (C=O) groups is 1. The number of aryl methyl sites for hydroxylation is 1. The number of anilines is 1. The maximum atomic E-state index is 13.9. The van der Waals surface area contributed by atoms with E-state index in [9.17, 15) is 18.0 Å². The number of halogens is 3. The van der Waals surface area contributed by atoms with Gasteiger partial charge in [0, 0.05) is 55.6 Å². The molecule has 0 aliphatic carbocycles. The number of nitrogens with one attached hydrogen (secondary N) is 2. The van der Waals surface area contributed by atoms with Gasteiger partial charge in [-0.25, -0.2) is 0 Å². The van der Waals surface area contributed by atoms with Crippen LogP contribution in [0.15, 0.2) is 60.1 Å². The number of hydrogen-bond donors (Lipinski definition) is 4. The maximum absolute atomic E-state index is 13.9. The molecule has 0 radical (unpaired) electrons. The van der Waals surface area contributed by atoms with Gasteiger partial charge in [0.05, 0.1) is 17.1 Å². The molecule has 1 aliphatic heterocycles. The fourth-order valence-corrected chi connectivity index (χ4v) is 4.15. The standard InChI is InChI=1S/C30H37F3N6O/c1-20(2)36-28(35)12-10-25(34)9-7-22-17-23(6-5-21(22)3)29(40)37-26-11-8-24(27(18-26)30(31,32)33)19-39-15-13-38(4)14-16-39/h5-6,8,10-12,17-18,20,36H,13-16,19,34-35H2,1-4H3,(H,37,40)/b25-10-,28-12+. The molecule has 0 unspecified atom stereocenters. The van der Waals surface area contributed by atoms with E-state index < -0.39 is 17.6 Å². The highest BCUT2D eigenvalue weighted by Gasteiger charge is 2.34. The van der Waals surface area contributed by atoms with Gasteiger partial charge in [-0.2, -0.15) is 13.2 Å². The normalized spacial score (nSPS) is 15.5. The molecule has 10 heteroatoms. The van der Waals surface area contributed by atoms with Gasteiger partial charge in [0.25, 0.3) is 5.91 Å². The molecule has 1 saturated heterocycles. The molecule has 0 saturated carbocycles. The van der Waals surface area contributed by atoms with Crippen LogP contribution in [0.25, 0.3) is 0 Å². The molecule has 2 aromatic rings. The van der Waals surface area contributed by atoms with E-state index in [1.807, 2.05) is 32.7 Å². The summed E-state index contributed by atoms with van der Waals surface area (Å²) < 4.78 is 41.8. The van der Waals surface area contributed by atoms with Crippen LogP contribution >= 0.6 is 0 Å². The first-order chi connectivity index (χ1) is 18.8. The summed E-state index contributed by atoms with van der Waals surface area (Å²) in [4.78, 5) is 17.1. The van der Waals surface area contributed by atoms with Crippen molar-refractivity contribution in [1.29, 1.82) is 0 Å². The topological polar surface area (TPSA) is 99.7 Å². The molecular formula is C30H37F3N6O. The quantitative estimate of drug-likeness (QED) is 0.305. The number of benzene rings is 2. The number of amides is 1. The van der Waals surface area contributed by atoms with Gasteiger partial charge in [-0.3, -0.25) is 9.69 Å². The summed E-state index contributed by atoms with van der Waals surface area (Å²) in [6, 6.07) is 9.03. The Bertz CT molecular complexity index is 1330. The second-order valence-electron chi connectivity index (χ2n) is 10.2. The summed E-state index contributed by atoms with van der Waals surface area (Å²) in [6.07, 6.45) is -1.35. The summed E-state index contributed by atoms with van der Waals surface area (Å²) in [6.45, 7) is 8.97. The predicted molar refractivity (Wildman–Crippen MR) is 153 cm³/mol. The minimum absolute atomic E-state index is 0.0687. The third kappa shape index (κ3) is 9.07. The predicted octanol–water partition coefficient (Wildman–Crippen LogP) is 4.01. The maximum Gasteiger partial charge on any atom is 0.416 e. The zero-order valence-corrected chi connectivity index (χ0v) is 23.3. The Labute approximate surface area is 234 Å². The first-order valence-electron chi connectivity index (χ1n) is 13.1. The van der Waals surface area contributed by atoms with Crippen molar-refractivity contribution in [2.45, 2.75) is 39.5 Å². The van der Waals surface area contributed by atoms with Crippen LogP contribution in [0.4, 0.5) is 18.9 Å². The smallest absolute Gasteiger partial charge is 0.392 e. The van der Waals surface area contributed by atoms with Crippen LogP contribution in [0.1, 0.15) is 46.5 Å². The van der Waals surface area contributed by atoms with Crippen LogP contribution in [0.3, 0.4) is 0 Å². The van der Waals surface area contributed by atoms with Crippen molar-refractivity contribution in [1.82, 2.24) is 15.1 Å². The first-order valence-corrected chi connectivity index (χ1v) is 13.1. The van der Waals surface area contributed by atoms with Crippen LogP contribution in [-0.4, -0.2) is 55.0 Å². The lowest BCUT2D eigenvalue weighted by Gasteiger charge is -2.33. The minimum atomic E-state index is -4.55. The number of allylic oxidation sites excluding steroid dienone is 3. The van der Waals surface area contributed by atoms with Gasteiger partial charge in [0.2, 0.25) is 0 Å². The number of hydrogen-bond acceptors (Lipinski definition) is 6. The molecule has 40 heavy (non-hydrogen) atoms. The molecule has 214 valence electrons. The van der Waals surface area contributed by atoms with E-state index in [1.165, 1.54) is 12.1 Å². The largest absolute Gasteiger partial charge is 0.416 e. The highest BCUT2D eigenvalue weighted by molar-refractivity contribution is 6.04. The number of rotatable bonds is 7. The van der Waals surface area contributed by atoms with Crippen molar-refractivity contribution in [3.05, 3.63) is 87.9 Å². The molecule has 3 rings (SSSR count). The zero-order chi connectivity index (χ0) is 29.4.